The van der Waals surface area contributed by atoms with Crippen LogP contribution in [0.1, 0.15) is 23.2 Å². The fourth-order valence-corrected chi connectivity index (χ4v) is 4.43. The number of aromatic nitrogens is 3. The van der Waals surface area contributed by atoms with Crippen LogP contribution in [-0.2, 0) is 13.0 Å². The van der Waals surface area contributed by atoms with Crippen LogP contribution in [0.5, 0.6) is 0 Å². The van der Waals surface area contributed by atoms with Crippen LogP contribution >= 0.6 is 22.7 Å². The van der Waals surface area contributed by atoms with Gasteiger partial charge in [0.15, 0.2) is 0 Å². The molecule has 3 heterocycles. The van der Waals surface area contributed by atoms with Crippen molar-refractivity contribution >= 4 is 32.9 Å². The second-order valence-electron chi connectivity index (χ2n) is 5.96. The predicted molar refractivity (Wildman–Crippen MR) is 105 cm³/mol. The summed E-state index contributed by atoms with van der Waals surface area (Å²) in [4.78, 5) is 22.9. The average molecular weight is 367 g/mol. The van der Waals surface area contributed by atoms with E-state index in [-0.39, 0.29) is 5.56 Å². The van der Waals surface area contributed by atoms with E-state index in [2.05, 4.69) is 48.1 Å². The Labute approximate surface area is 153 Å². The van der Waals surface area contributed by atoms with Crippen LogP contribution in [0, 0.1) is 6.92 Å². The third-order valence-electron chi connectivity index (χ3n) is 4.16. The molecule has 0 unspecified atom stereocenters. The number of nitrogens with zero attached hydrogens (tertiary/aromatic N) is 3. The molecule has 0 aliphatic rings. The predicted octanol–water partition coefficient (Wildman–Crippen LogP) is 4.50. The van der Waals surface area contributed by atoms with Gasteiger partial charge in [0.05, 0.1) is 29.0 Å². The van der Waals surface area contributed by atoms with Gasteiger partial charge in [-0.05, 0) is 18.9 Å². The van der Waals surface area contributed by atoms with Crippen molar-refractivity contribution in [3.8, 4) is 11.1 Å². The second kappa shape index (κ2) is 6.54. The Morgan fingerprint density at radius 1 is 1.12 bits per heavy atom. The highest BCUT2D eigenvalue weighted by atomic mass is 32.1. The van der Waals surface area contributed by atoms with Crippen molar-refractivity contribution in [2.45, 2.75) is 26.8 Å². The molecule has 4 aromatic rings. The molecule has 0 fully saturated rings. The van der Waals surface area contributed by atoms with Gasteiger partial charge in [-0.25, -0.2) is 9.97 Å². The van der Waals surface area contributed by atoms with Gasteiger partial charge in [0.25, 0.3) is 5.56 Å². The van der Waals surface area contributed by atoms with E-state index in [0.29, 0.717) is 11.9 Å². The zero-order valence-electron chi connectivity index (χ0n) is 14.0. The molecule has 0 bridgehead atoms. The lowest BCUT2D eigenvalue weighted by atomic mass is 10.1. The largest absolute Gasteiger partial charge is 0.293 e. The van der Waals surface area contributed by atoms with Crippen LogP contribution in [0.4, 0.5) is 0 Å². The maximum Gasteiger partial charge on any atom is 0.263 e. The normalized spacial score (nSPS) is 11.3. The van der Waals surface area contributed by atoms with Gasteiger partial charge in [0, 0.05) is 16.3 Å². The van der Waals surface area contributed by atoms with Gasteiger partial charge < -0.3 is 0 Å². The lowest BCUT2D eigenvalue weighted by molar-refractivity contribution is 0.732. The molecule has 0 atom stereocenters. The van der Waals surface area contributed by atoms with Gasteiger partial charge in [-0.1, -0.05) is 36.8 Å². The molecule has 0 aliphatic carbocycles. The van der Waals surface area contributed by atoms with Gasteiger partial charge in [-0.3, -0.25) is 9.36 Å². The number of thiazole rings is 1. The summed E-state index contributed by atoms with van der Waals surface area (Å²) >= 11 is 3.15. The van der Waals surface area contributed by atoms with Gasteiger partial charge in [-0.15, -0.1) is 22.7 Å². The molecular formula is C19H17N3OS2. The first-order chi connectivity index (χ1) is 12.2. The zero-order chi connectivity index (χ0) is 17.4. The van der Waals surface area contributed by atoms with E-state index in [9.17, 15) is 4.79 Å². The SMILES string of the molecule is CCc1nc(Cn2cnc3scc(-c4ccc(C)cc4)c3c2=O)cs1. The molecule has 0 amide bonds. The molecule has 4 rings (SSSR count). The minimum absolute atomic E-state index is 0.00660. The van der Waals surface area contributed by atoms with Crippen LogP contribution in [0.2, 0.25) is 0 Å². The minimum Gasteiger partial charge on any atom is -0.293 e. The van der Waals surface area contributed by atoms with E-state index in [1.54, 1.807) is 22.2 Å². The summed E-state index contributed by atoms with van der Waals surface area (Å²) in [7, 11) is 0. The summed E-state index contributed by atoms with van der Waals surface area (Å²) in [6, 6.07) is 8.24. The molecule has 0 spiro atoms. The highest BCUT2D eigenvalue weighted by Gasteiger charge is 2.14. The van der Waals surface area contributed by atoms with Crippen LogP contribution in [0.15, 0.2) is 46.1 Å². The minimum atomic E-state index is -0.00660. The molecule has 0 N–H and O–H groups in total. The van der Waals surface area contributed by atoms with Crippen molar-refractivity contribution in [1.82, 2.24) is 14.5 Å². The first-order valence-electron chi connectivity index (χ1n) is 8.12. The number of rotatable bonds is 4. The Hall–Kier alpha value is -2.31. The topological polar surface area (TPSA) is 47.8 Å². The van der Waals surface area contributed by atoms with Crippen molar-refractivity contribution < 1.29 is 0 Å². The van der Waals surface area contributed by atoms with Crippen LogP contribution < -0.4 is 5.56 Å². The van der Waals surface area contributed by atoms with Crippen molar-refractivity contribution in [2.24, 2.45) is 0 Å². The Morgan fingerprint density at radius 3 is 2.64 bits per heavy atom. The Bertz CT molecular complexity index is 1090. The molecule has 0 saturated heterocycles. The standard InChI is InChI=1S/C19H17N3OS2/c1-3-16-21-14(9-24-16)8-22-11-20-18-17(19(22)23)15(10-25-18)13-6-4-12(2)5-7-13/h4-7,9-11H,3,8H2,1-2H3. The number of hydrogen-bond acceptors (Lipinski definition) is 5. The first-order valence-corrected chi connectivity index (χ1v) is 9.88. The summed E-state index contributed by atoms with van der Waals surface area (Å²) in [5, 5.41) is 5.83. The summed E-state index contributed by atoms with van der Waals surface area (Å²) in [6.45, 7) is 4.60. The van der Waals surface area contributed by atoms with Crippen molar-refractivity contribution in [2.75, 3.05) is 0 Å². The van der Waals surface area contributed by atoms with E-state index < -0.39 is 0 Å². The number of hydrogen-bond donors (Lipinski definition) is 0. The average Bonchev–Trinajstić information content (AvgIpc) is 3.25. The Morgan fingerprint density at radius 2 is 1.92 bits per heavy atom. The summed E-state index contributed by atoms with van der Waals surface area (Å²) < 4.78 is 1.65. The molecule has 3 aromatic heterocycles. The highest BCUT2D eigenvalue weighted by Crippen LogP contribution is 2.30. The van der Waals surface area contributed by atoms with Crippen molar-refractivity contribution in [1.29, 1.82) is 0 Å². The lowest BCUT2D eigenvalue weighted by Gasteiger charge is -2.05. The number of fused-ring (bicyclic) bond motifs is 1. The molecule has 126 valence electrons. The van der Waals surface area contributed by atoms with Crippen LogP contribution in [0.3, 0.4) is 0 Å². The van der Waals surface area contributed by atoms with E-state index in [1.807, 2.05) is 10.8 Å². The highest BCUT2D eigenvalue weighted by molar-refractivity contribution is 7.17. The summed E-state index contributed by atoms with van der Waals surface area (Å²) in [6.07, 6.45) is 2.55. The smallest absolute Gasteiger partial charge is 0.263 e. The van der Waals surface area contributed by atoms with Gasteiger partial charge >= 0.3 is 0 Å². The monoisotopic (exact) mass is 367 g/mol. The molecule has 25 heavy (non-hydrogen) atoms. The van der Waals surface area contributed by atoms with Gasteiger partial charge in [0.2, 0.25) is 0 Å². The fourth-order valence-electron chi connectivity index (χ4n) is 2.78. The molecule has 6 heteroatoms. The number of thiophene rings is 1. The third-order valence-corrected chi connectivity index (χ3v) is 6.09. The first kappa shape index (κ1) is 16.2. The second-order valence-corrected chi connectivity index (χ2v) is 7.76. The maximum atomic E-state index is 13.0. The van der Waals surface area contributed by atoms with E-state index in [1.165, 1.54) is 16.9 Å². The van der Waals surface area contributed by atoms with Crippen LogP contribution in [-0.4, -0.2) is 14.5 Å². The van der Waals surface area contributed by atoms with Gasteiger partial charge in [0.1, 0.15) is 4.83 Å². The summed E-state index contributed by atoms with van der Waals surface area (Å²) in [5.74, 6) is 0. The lowest BCUT2D eigenvalue weighted by Crippen LogP contribution is -2.21. The molecule has 1 aromatic carbocycles. The van der Waals surface area contributed by atoms with E-state index in [0.717, 1.165) is 33.1 Å². The van der Waals surface area contributed by atoms with Gasteiger partial charge in [-0.2, -0.15) is 0 Å². The third kappa shape index (κ3) is 3.03. The van der Waals surface area contributed by atoms with Crippen LogP contribution in [0.25, 0.3) is 21.3 Å². The zero-order valence-corrected chi connectivity index (χ0v) is 15.7. The maximum absolute atomic E-state index is 13.0. The van der Waals surface area contributed by atoms with E-state index >= 15 is 0 Å². The molecule has 4 nitrogen and oxygen atoms in total. The number of benzene rings is 1. The molecular weight excluding hydrogens is 350 g/mol. The van der Waals surface area contributed by atoms with E-state index in [4.69, 9.17) is 0 Å². The number of aryl methyl sites for hydroxylation is 2. The summed E-state index contributed by atoms with van der Waals surface area (Å²) in [5.41, 5.74) is 4.12. The molecule has 0 aliphatic heterocycles. The fraction of sp³-hybridized carbons (Fsp3) is 0.211. The Balaban J connectivity index is 1.80. The van der Waals surface area contributed by atoms with Crippen molar-refractivity contribution in [3.63, 3.8) is 0 Å². The quantitative estimate of drug-likeness (QED) is 0.533. The molecule has 0 radical (unpaired) electrons. The molecule has 0 saturated carbocycles. The Kier molecular flexibility index (Phi) is 4.23. The van der Waals surface area contributed by atoms with Crippen molar-refractivity contribution in [3.05, 3.63) is 68.0 Å².